The standard InChI is InChI=1S/C20H18N6O3/c1-14(16-11-21-24(13-16)12-15-7-3-2-4-8-15)22-19-18(26(28)29)20(27)25-10-6-5-9-17(25)23-19/h2-11,13-14,22H,12H2,1H3. The van der Waals surface area contributed by atoms with Gasteiger partial charge in [-0.05, 0) is 24.6 Å². The molecule has 0 aliphatic carbocycles. The Morgan fingerprint density at radius 3 is 2.69 bits per heavy atom. The van der Waals surface area contributed by atoms with Gasteiger partial charge in [0.25, 0.3) is 0 Å². The molecular formula is C20H18N6O3. The molecule has 1 N–H and O–H groups in total. The molecule has 1 atom stereocenters. The van der Waals surface area contributed by atoms with Gasteiger partial charge < -0.3 is 5.32 Å². The lowest BCUT2D eigenvalue weighted by Crippen LogP contribution is -2.22. The highest BCUT2D eigenvalue weighted by Gasteiger charge is 2.25. The van der Waals surface area contributed by atoms with Crippen LogP contribution in [-0.4, -0.2) is 24.1 Å². The lowest BCUT2D eigenvalue weighted by Gasteiger charge is -2.13. The number of nitrogens with one attached hydrogen (secondary N) is 1. The molecule has 9 heteroatoms. The van der Waals surface area contributed by atoms with Crippen molar-refractivity contribution >= 4 is 17.2 Å². The number of nitrogens with zero attached hydrogens (tertiary/aromatic N) is 5. The molecular weight excluding hydrogens is 372 g/mol. The number of nitro groups is 1. The van der Waals surface area contributed by atoms with Crippen molar-refractivity contribution < 1.29 is 4.92 Å². The van der Waals surface area contributed by atoms with Gasteiger partial charge in [-0.15, -0.1) is 0 Å². The number of pyridine rings is 1. The van der Waals surface area contributed by atoms with Crippen LogP contribution >= 0.6 is 0 Å². The third-order valence-corrected chi connectivity index (χ3v) is 4.59. The predicted molar refractivity (Wildman–Crippen MR) is 108 cm³/mol. The molecule has 1 unspecified atom stereocenters. The second-order valence-corrected chi connectivity index (χ2v) is 6.62. The normalized spacial score (nSPS) is 12.0. The van der Waals surface area contributed by atoms with Gasteiger partial charge in [0, 0.05) is 18.0 Å². The van der Waals surface area contributed by atoms with E-state index in [1.165, 1.54) is 6.20 Å². The van der Waals surface area contributed by atoms with Crippen molar-refractivity contribution in [3.8, 4) is 0 Å². The Labute approximate surface area is 165 Å². The molecule has 9 nitrogen and oxygen atoms in total. The van der Waals surface area contributed by atoms with Gasteiger partial charge in [-0.2, -0.15) is 5.10 Å². The molecule has 0 aliphatic heterocycles. The molecule has 0 radical (unpaired) electrons. The van der Waals surface area contributed by atoms with Crippen LogP contribution in [0.1, 0.15) is 24.1 Å². The third-order valence-electron chi connectivity index (χ3n) is 4.59. The SMILES string of the molecule is CC(Nc1nc2ccccn2c(=O)c1[N+](=O)[O-])c1cnn(Cc2ccccc2)c1. The Bertz CT molecular complexity index is 1230. The maximum atomic E-state index is 12.5. The van der Waals surface area contributed by atoms with E-state index in [9.17, 15) is 14.9 Å². The van der Waals surface area contributed by atoms with Gasteiger partial charge in [0.05, 0.1) is 23.7 Å². The minimum Gasteiger partial charge on any atom is -0.357 e. The summed E-state index contributed by atoms with van der Waals surface area (Å²) < 4.78 is 2.95. The van der Waals surface area contributed by atoms with Crippen molar-refractivity contribution in [2.75, 3.05) is 5.32 Å². The second-order valence-electron chi connectivity index (χ2n) is 6.62. The first kappa shape index (κ1) is 18.4. The van der Waals surface area contributed by atoms with E-state index >= 15 is 0 Å². The number of anilines is 1. The van der Waals surface area contributed by atoms with Gasteiger partial charge in [0.1, 0.15) is 5.65 Å². The topological polar surface area (TPSA) is 107 Å². The Morgan fingerprint density at radius 2 is 1.93 bits per heavy atom. The fourth-order valence-electron chi connectivity index (χ4n) is 3.09. The largest absolute Gasteiger partial charge is 0.376 e. The molecule has 0 saturated heterocycles. The number of hydrogen-bond acceptors (Lipinski definition) is 6. The Morgan fingerprint density at radius 1 is 1.17 bits per heavy atom. The van der Waals surface area contributed by atoms with Gasteiger partial charge >= 0.3 is 11.2 Å². The average Bonchev–Trinajstić information content (AvgIpc) is 3.17. The number of aromatic nitrogens is 4. The van der Waals surface area contributed by atoms with Crippen molar-refractivity contribution in [2.45, 2.75) is 19.5 Å². The maximum Gasteiger partial charge on any atom is 0.376 e. The summed E-state index contributed by atoms with van der Waals surface area (Å²) in [5, 5.41) is 18.9. The summed E-state index contributed by atoms with van der Waals surface area (Å²) in [7, 11) is 0. The van der Waals surface area contributed by atoms with Gasteiger partial charge in [-0.25, -0.2) is 4.98 Å². The van der Waals surface area contributed by atoms with Crippen LogP contribution in [0, 0.1) is 10.1 Å². The van der Waals surface area contributed by atoms with E-state index in [-0.39, 0.29) is 11.9 Å². The highest BCUT2D eigenvalue weighted by atomic mass is 16.6. The molecule has 0 spiro atoms. The molecule has 29 heavy (non-hydrogen) atoms. The van der Waals surface area contributed by atoms with Crippen LogP contribution in [0.15, 0.2) is 71.9 Å². The summed E-state index contributed by atoms with van der Waals surface area (Å²) >= 11 is 0. The van der Waals surface area contributed by atoms with Crippen LogP contribution < -0.4 is 10.9 Å². The van der Waals surface area contributed by atoms with E-state index in [0.29, 0.717) is 12.2 Å². The summed E-state index contributed by atoms with van der Waals surface area (Å²) in [5.41, 5.74) is 0.956. The fourth-order valence-corrected chi connectivity index (χ4v) is 3.09. The number of hydrogen-bond donors (Lipinski definition) is 1. The molecule has 0 saturated carbocycles. The Kier molecular flexibility index (Phi) is 4.78. The predicted octanol–water partition coefficient (Wildman–Crippen LogP) is 3.02. The van der Waals surface area contributed by atoms with E-state index in [0.717, 1.165) is 15.5 Å². The molecule has 0 fully saturated rings. The van der Waals surface area contributed by atoms with E-state index in [1.54, 1.807) is 29.1 Å². The lowest BCUT2D eigenvalue weighted by molar-refractivity contribution is -0.385. The van der Waals surface area contributed by atoms with Crippen LogP contribution in [0.3, 0.4) is 0 Å². The number of fused-ring (bicyclic) bond motifs is 1. The third kappa shape index (κ3) is 3.70. The Balaban J connectivity index is 1.62. The molecule has 4 aromatic rings. The first-order valence-electron chi connectivity index (χ1n) is 9.01. The fraction of sp³-hybridized carbons (Fsp3) is 0.150. The minimum atomic E-state index is -0.727. The molecule has 0 aliphatic rings. The molecule has 4 rings (SSSR count). The summed E-state index contributed by atoms with van der Waals surface area (Å²) in [6, 6.07) is 14.5. The summed E-state index contributed by atoms with van der Waals surface area (Å²) in [4.78, 5) is 27.6. The number of rotatable bonds is 6. The van der Waals surface area contributed by atoms with Crippen molar-refractivity contribution in [3.63, 3.8) is 0 Å². The zero-order valence-electron chi connectivity index (χ0n) is 15.6. The van der Waals surface area contributed by atoms with Crippen LogP contribution in [0.2, 0.25) is 0 Å². The van der Waals surface area contributed by atoms with Crippen LogP contribution in [0.25, 0.3) is 5.65 Å². The lowest BCUT2D eigenvalue weighted by atomic mass is 10.2. The van der Waals surface area contributed by atoms with E-state index in [1.807, 2.05) is 43.5 Å². The highest BCUT2D eigenvalue weighted by molar-refractivity contribution is 5.60. The molecule has 0 bridgehead atoms. The van der Waals surface area contributed by atoms with Crippen LogP contribution in [-0.2, 0) is 6.54 Å². The number of benzene rings is 1. The summed E-state index contributed by atoms with van der Waals surface area (Å²) in [6.07, 6.45) is 5.02. The average molecular weight is 390 g/mol. The van der Waals surface area contributed by atoms with E-state index < -0.39 is 16.2 Å². The molecule has 3 aromatic heterocycles. The first-order chi connectivity index (χ1) is 14.0. The van der Waals surface area contributed by atoms with E-state index in [4.69, 9.17) is 0 Å². The Hall–Kier alpha value is -4.01. The van der Waals surface area contributed by atoms with E-state index in [2.05, 4.69) is 15.4 Å². The van der Waals surface area contributed by atoms with Crippen LogP contribution in [0.4, 0.5) is 11.5 Å². The van der Waals surface area contributed by atoms with Crippen molar-refractivity contribution in [2.24, 2.45) is 0 Å². The highest BCUT2D eigenvalue weighted by Crippen LogP contribution is 2.24. The second kappa shape index (κ2) is 7.55. The van der Waals surface area contributed by atoms with Crippen molar-refractivity contribution in [1.82, 2.24) is 19.2 Å². The van der Waals surface area contributed by atoms with Gasteiger partial charge in [0.2, 0.25) is 5.82 Å². The van der Waals surface area contributed by atoms with Gasteiger partial charge in [-0.1, -0.05) is 36.4 Å². The summed E-state index contributed by atoms with van der Waals surface area (Å²) in [6.45, 7) is 2.45. The zero-order chi connectivity index (χ0) is 20.4. The molecule has 146 valence electrons. The van der Waals surface area contributed by atoms with Crippen LogP contribution in [0.5, 0.6) is 0 Å². The van der Waals surface area contributed by atoms with Gasteiger partial charge in [-0.3, -0.25) is 24.0 Å². The van der Waals surface area contributed by atoms with Crippen molar-refractivity contribution in [1.29, 1.82) is 0 Å². The molecule has 0 amide bonds. The molecule has 3 heterocycles. The minimum absolute atomic E-state index is 0.0606. The molecule has 1 aromatic carbocycles. The monoisotopic (exact) mass is 390 g/mol. The zero-order valence-corrected chi connectivity index (χ0v) is 15.6. The smallest absolute Gasteiger partial charge is 0.357 e. The quantitative estimate of drug-likeness (QED) is 0.401. The van der Waals surface area contributed by atoms with Gasteiger partial charge in [0.15, 0.2) is 0 Å². The maximum absolute atomic E-state index is 12.5. The first-order valence-corrected chi connectivity index (χ1v) is 9.01. The summed E-state index contributed by atoms with van der Waals surface area (Å²) in [5.74, 6) is -0.0606. The van der Waals surface area contributed by atoms with Crippen molar-refractivity contribution in [3.05, 3.63) is 98.7 Å².